The van der Waals surface area contributed by atoms with Gasteiger partial charge in [-0.3, -0.25) is 14.2 Å². The summed E-state index contributed by atoms with van der Waals surface area (Å²) >= 11 is 0. The van der Waals surface area contributed by atoms with Crippen molar-refractivity contribution >= 4 is 19.8 Å². The van der Waals surface area contributed by atoms with Gasteiger partial charge in [-0.05, 0) is 19.8 Å². The first-order chi connectivity index (χ1) is 24.3. The van der Waals surface area contributed by atoms with E-state index in [0.717, 1.165) is 32.1 Å². The summed E-state index contributed by atoms with van der Waals surface area (Å²) in [4.78, 5) is 36.8. The maximum absolute atomic E-state index is 12.5. The number of phosphoric ester groups is 1. The molecule has 0 aliphatic rings. The molecule has 298 valence electrons. The molecule has 9 heteroatoms. The number of rotatable bonds is 40. The van der Waals surface area contributed by atoms with Gasteiger partial charge in [0.15, 0.2) is 6.10 Å². The van der Waals surface area contributed by atoms with Gasteiger partial charge in [-0.25, -0.2) is 0 Å². The normalized spacial score (nSPS) is 13.3. The molecule has 0 aromatic carbocycles. The largest absolute Gasteiger partial charge is 0.756 e. The van der Waals surface area contributed by atoms with E-state index in [0.29, 0.717) is 6.42 Å². The highest BCUT2D eigenvalue weighted by Gasteiger charge is 2.20. The number of carbonyl (C=O) groups excluding carboxylic acids is 2. The Bertz CT molecular complexity index is 793. The summed E-state index contributed by atoms with van der Waals surface area (Å²) in [6.07, 6.45) is 37.0. The molecule has 0 radical (unpaired) electrons. The predicted octanol–water partition coefficient (Wildman–Crippen LogP) is 12.5. The summed E-state index contributed by atoms with van der Waals surface area (Å²) in [5.74, 6) is -0.817. The van der Waals surface area contributed by atoms with Crippen LogP contribution in [0.25, 0.3) is 0 Å². The second kappa shape index (κ2) is 37.8. The smallest absolute Gasteiger partial charge is 0.306 e. The van der Waals surface area contributed by atoms with Crippen LogP contribution in [0, 0.1) is 0 Å². The predicted molar refractivity (Wildman–Crippen MR) is 205 cm³/mol. The van der Waals surface area contributed by atoms with Crippen LogP contribution in [0.2, 0.25) is 0 Å². The molecule has 2 atom stereocenters. The van der Waals surface area contributed by atoms with E-state index in [2.05, 4.69) is 18.4 Å². The van der Waals surface area contributed by atoms with Crippen molar-refractivity contribution < 1.29 is 37.6 Å². The molecule has 0 spiro atoms. The minimum absolute atomic E-state index is 0.0569. The fraction of sp³-hybridized carbons (Fsp3) is 0.951. The van der Waals surface area contributed by atoms with Crippen molar-refractivity contribution in [2.75, 3.05) is 19.8 Å². The summed E-state index contributed by atoms with van der Waals surface area (Å²) in [7, 11) is -4.52. The Morgan fingerprint density at radius 2 is 0.780 bits per heavy atom. The van der Waals surface area contributed by atoms with Gasteiger partial charge in [0.2, 0.25) is 0 Å². The quantitative estimate of drug-likeness (QED) is 0.0348. The van der Waals surface area contributed by atoms with Crippen molar-refractivity contribution in [3.05, 3.63) is 0 Å². The van der Waals surface area contributed by atoms with Crippen LogP contribution in [0.4, 0.5) is 0 Å². The van der Waals surface area contributed by atoms with Crippen molar-refractivity contribution in [2.45, 2.75) is 232 Å². The van der Waals surface area contributed by atoms with E-state index < -0.39 is 26.5 Å². The van der Waals surface area contributed by atoms with E-state index in [9.17, 15) is 19.0 Å². The molecule has 1 unspecified atom stereocenters. The lowest BCUT2D eigenvalue weighted by atomic mass is 10.0. The van der Waals surface area contributed by atoms with E-state index in [1.54, 1.807) is 6.92 Å². The third-order valence-electron chi connectivity index (χ3n) is 9.40. The van der Waals surface area contributed by atoms with Crippen molar-refractivity contribution in [2.24, 2.45) is 0 Å². The zero-order valence-electron chi connectivity index (χ0n) is 33.0. The highest BCUT2D eigenvalue weighted by atomic mass is 31.2. The first-order valence-electron chi connectivity index (χ1n) is 21.3. The minimum Gasteiger partial charge on any atom is -0.756 e. The van der Waals surface area contributed by atoms with Gasteiger partial charge in [0.05, 0.1) is 13.2 Å². The molecule has 0 aliphatic heterocycles. The van der Waals surface area contributed by atoms with Crippen LogP contribution in [0.15, 0.2) is 0 Å². The lowest BCUT2D eigenvalue weighted by molar-refractivity contribution is -0.228. The standard InChI is InChI=1S/C41H81O8P/c1-4-7-9-11-13-15-17-19-21-23-25-27-29-31-33-35-40(42)46-37-39(38-48-50(44,45)47-6-3)49-41(43)36-34-32-30-28-26-24-22-20-18-16-14-12-10-8-5-2/h39H,4-38H2,1-3H3,(H,44,45)/p-1/t39-/m1/s1. The zero-order valence-corrected chi connectivity index (χ0v) is 33.9. The second-order valence-electron chi connectivity index (χ2n) is 14.4. The molecular weight excluding hydrogens is 651 g/mol. The van der Waals surface area contributed by atoms with Crippen molar-refractivity contribution in [3.63, 3.8) is 0 Å². The van der Waals surface area contributed by atoms with Crippen LogP contribution in [-0.4, -0.2) is 37.9 Å². The molecule has 8 nitrogen and oxygen atoms in total. The Kier molecular flexibility index (Phi) is 37.1. The summed E-state index contributed by atoms with van der Waals surface area (Å²) in [5.41, 5.74) is 0. The molecule has 0 amide bonds. The van der Waals surface area contributed by atoms with E-state index in [1.165, 1.54) is 154 Å². The molecule has 50 heavy (non-hydrogen) atoms. The van der Waals surface area contributed by atoms with Crippen molar-refractivity contribution in [1.82, 2.24) is 0 Å². The Morgan fingerprint density at radius 3 is 1.12 bits per heavy atom. The van der Waals surface area contributed by atoms with E-state index in [-0.39, 0.29) is 32.0 Å². The van der Waals surface area contributed by atoms with Crippen molar-refractivity contribution in [3.8, 4) is 0 Å². The molecule has 0 saturated heterocycles. The van der Waals surface area contributed by atoms with Crippen LogP contribution in [0.5, 0.6) is 0 Å². The van der Waals surface area contributed by atoms with Crippen LogP contribution >= 0.6 is 7.82 Å². The molecule has 0 bridgehead atoms. The Hall–Kier alpha value is -0.950. The van der Waals surface area contributed by atoms with Crippen LogP contribution in [-0.2, 0) is 32.7 Å². The topological polar surface area (TPSA) is 111 Å². The number of hydrogen-bond donors (Lipinski definition) is 0. The van der Waals surface area contributed by atoms with E-state index in [1.807, 2.05) is 0 Å². The Balaban J connectivity index is 4.04. The zero-order chi connectivity index (χ0) is 36.8. The number of hydrogen-bond acceptors (Lipinski definition) is 8. The van der Waals surface area contributed by atoms with Gasteiger partial charge in [-0.15, -0.1) is 0 Å². The number of esters is 2. The first-order valence-corrected chi connectivity index (χ1v) is 22.8. The number of carbonyl (C=O) groups is 2. The second-order valence-corrected chi connectivity index (χ2v) is 15.8. The molecule has 0 aliphatic carbocycles. The Labute approximate surface area is 308 Å². The highest BCUT2D eigenvalue weighted by Crippen LogP contribution is 2.38. The monoisotopic (exact) mass is 732 g/mol. The fourth-order valence-electron chi connectivity index (χ4n) is 6.27. The summed E-state index contributed by atoms with van der Waals surface area (Å²) in [5, 5.41) is 0. The van der Waals surface area contributed by atoms with Gasteiger partial charge in [-0.1, -0.05) is 194 Å². The third kappa shape index (κ3) is 36.8. The highest BCUT2D eigenvalue weighted by molar-refractivity contribution is 7.45. The SMILES string of the molecule is CCCCCCCCCCCCCCCCCC(=O)OC[C@H](COP(=O)([O-])OCC)OC(=O)CCCCCCCCCCCCCCCCC. The van der Waals surface area contributed by atoms with Gasteiger partial charge in [0.1, 0.15) is 6.61 Å². The minimum atomic E-state index is -4.52. The first kappa shape index (κ1) is 49.0. The molecule has 0 saturated carbocycles. The summed E-state index contributed by atoms with van der Waals surface area (Å²) in [6, 6.07) is 0. The number of unbranched alkanes of at least 4 members (excludes halogenated alkanes) is 28. The van der Waals surface area contributed by atoms with Gasteiger partial charge >= 0.3 is 11.9 Å². The van der Waals surface area contributed by atoms with Crippen LogP contribution < -0.4 is 4.89 Å². The molecule has 0 aromatic heterocycles. The number of ether oxygens (including phenoxy) is 2. The molecule has 0 rings (SSSR count). The molecule has 0 N–H and O–H groups in total. The Morgan fingerprint density at radius 1 is 0.460 bits per heavy atom. The summed E-state index contributed by atoms with van der Waals surface area (Å²) in [6.45, 7) is 5.32. The average Bonchev–Trinajstić information content (AvgIpc) is 3.09. The molecule has 0 fully saturated rings. The van der Waals surface area contributed by atoms with Gasteiger partial charge in [-0.2, -0.15) is 0 Å². The summed E-state index contributed by atoms with van der Waals surface area (Å²) < 4.78 is 32.2. The molecule has 0 heterocycles. The van der Waals surface area contributed by atoms with Gasteiger partial charge < -0.3 is 23.4 Å². The number of phosphoric acid groups is 1. The molecule has 0 aromatic rings. The van der Waals surface area contributed by atoms with Crippen molar-refractivity contribution in [1.29, 1.82) is 0 Å². The van der Waals surface area contributed by atoms with E-state index in [4.69, 9.17) is 14.0 Å². The maximum Gasteiger partial charge on any atom is 0.306 e. The third-order valence-corrected chi connectivity index (χ3v) is 10.4. The fourth-order valence-corrected chi connectivity index (χ4v) is 7.01. The molecular formula is C41H80O8P-. The van der Waals surface area contributed by atoms with Crippen LogP contribution in [0.3, 0.4) is 0 Å². The van der Waals surface area contributed by atoms with E-state index >= 15 is 0 Å². The lowest BCUT2D eigenvalue weighted by Gasteiger charge is -2.25. The van der Waals surface area contributed by atoms with Crippen LogP contribution in [0.1, 0.15) is 226 Å². The van der Waals surface area contributed by atoms with Gasteiger partial charge in [0.25, 0.3) is 7.82 Å². The lowest BCUT2D eigenvalue weighted by Crippen LogP contribution is -2.30. The van der Waals surface area contributed by atoms with Gasteiger partial charge in [0, 0.05) is 12.8 Å². The average molecular weight is 732 g/mol. The maximum atomic E-state index is 12.5.